The number of benzene rings is 1. The number of hydrogen-bond acceptors (Lipinski definition) is 7. The number of para-hydroxylation sites is 2. The van der Waals surface area contributed by atoms with Gasteiger partial charge in [-0.1, -0.05) is 17.3 Å². The van der Waals surface area contributed by atoms with Crippen molar-refractivity contribution >= 4 is 23.1 Å². The second-order valence-corrected chi connectivity index (χ2v) is 6.64. The van der Waals surface area contributed by atoms with Gasteiger partial charge in [-0.3, -0.25) is 4.79 Å². The van der Waals surface area contributed by atoms with Crippen LogP contribution in [0, 0.1) is 13.8 Å². The fraction of sp³-hybridized carbons (Fsp3) is 0.235. The van der Waals surface area contributed by atoms with Gasteiger partial charge in [0.2, 0.25) is 0 Å². The van der Waals surface area contributed by atoms with Gasteiger partial charge in [0.05, 0.1) is 5.69 Å². The third kappa shape index (κ3) is 3.08. The molecule has 7 nitrogen and oxygen atoms in total. The number of thiazole rings is 1. The van der Waals surface area contributed by atoms with E-state index in [1.54, 1.807) is 19.9 Å². The standard InChI is InChI=1S/C17H15N3O4S/c1-9-7-14(20-24-9)19-16(21)15-10(2)18-17(25-15)13-8-22-11-5-3-4-6-12(11)23-13/h3-7,13H,8H2,1-2H3,(H,19,20,21)/t13-/m0/s1. The molecule has 0 aliphatic carbocycles. The van der Waals surface area contributed by atoms with Crippen LogP contribution >= 0.6 is 11.3 Å². The molecule has 1 amide bonds. The Morgan fingerprint density at radius 1 is 1.28 bits per heavy atom. The zero-order chi connectivity index (χ0) is 17.4. The number of amides is 1. The van der Waals surface area contributed by atoms with E-state index in [2.05, 4.69) is 15.5 Å². The van der Waals surface area contributed by atoms with Gasteiger partial charge in [-0.2, -0.15) is 0 Å². The highest BCUT2D eigenvalue weighted by Crippen LogP contribution is 2.37. The first-order valence-electron chi connectivity index (χ1n) is 7.70. The predicted octanol–water partition coefficient (Wildman–Crippen LogP) is 3.51. The SMILES string of the molecule is Cc1cc(NC(=O)c2sc([C@@H]3COc4ccccc4O3)nc2C)no1. The minimum Gasteiger partial charge on any atom is -0.485 e. The van der Waals surface area contributed by atoms with E-state index in [1.807, 2.05) is 24.3 Å². The Labute approximate surface area is 147 Å². The van der Waals surface area contributed by atoms with Gasteiger partial charge in [0.25, 0.3) is 5.91 Å². The molecule has 0 radical (unpaired) electrons. The minimum atomic E-state index is -0.338. The average Bonchev–Trinajstić information content (AvgIpc) is 3.20. The van der Waals surface area contributed by atoms with E-state index in [1.165, 1.54) is 11.3 Å². The van der Waals surface area contributed by atoms with E-state index in [9.17, 15) is 4.79 Å². The molecule has 4 rings (SSSR count). The Kier molecular flexibility index (Phi) is 3.89. The second-order valence-electron chi connectivity index (χ2n) is 5.61. The molecule has 1 aliphatic heterocycles. The number of hydrogen-bond donors (Lipinski definition) is 1. The van der Waals surface area contributed by atoms with Crippen LogP contribution in [0.2, 0.25) is 0 Å². The first-order chi connectivity index (χ1) is 12.1. The lowest BCUT2D eigenvalue weighted by atomic mass is 10.2. The lowest BCUT2D eigenvalue weighted by Crippen LogP contribution is -2.21. The van der Waals surface area contributed by atoms with Crippen molar-refractivity contribution < 1.29 is 18.8 Å². The van der Waals surface area contributed by atoms with E-state index in [0.29, 0.717) is 45.3 Å². The van der Waals surface area contributed by atoms with Crippen LogP contribution in [0.3, 0.4) is 0 Å². The summed E-state index contributed by atoms with van der Waals surface area (Å²) in [5.41, 5.74) is 0.639. The van der Waals surface area contributed by atoms with E-state index in [4.69, 9.17) is 14.0 Å². The number of carbonyl (C=O) groups is 1. The molecule has 0 bridgehead atoms. The van der Waals surface area contributed by atoms with Crippen LogP contribution in [0.4, 0.5) is 5.82 Å². The fourth-order valence-corrected chi connectivity index (χ4v) is 3.48. The Morgan fingerprint density at radius 3 is 2.84 bits per heavy atom. The third-order valence-electron chi connectivity index (χ3n) is 3.67. The molecule has 3 aromatic rings. The molecule has 1 N–H and O–H groups in total. The number of anilines is 1. The number of nitrogens with zero attached hydrogens (tertiary/aromatic N) is 2. The van der Waals surface area contributed by atoms with E-state index in [0.717, 1.165) is 0 Å². The molecule has 8 heteroatoms. The van der Waals surface area contributed by atoms with Crippen LogP contribution in [0.1, 0.15) is 32.2 Å². The van der Waals surface area contributed by atoms with Crippen LogP contribution in [0.5, 0.6) is 11.5 Å². The van der Waals surface area contributed by atoms with E-state index < -0.39 is 0 Å². The normalized spacial score (nSPS) is 15.8. The Balaban J connectivity index is 1.53. The molecule has 0 saturated carbocycles. The summed E-state index contributed by atoms with van der Waals surface area (Å²) in [5.74, 6) is 2.13. The van der Waals surface area contributed by atoms with E-state index >= 15 is 0 Å². The highest BCUT2D eigenvalue weighted by molar-refractivity contribution is 7.14. The van der Waals surface area contributed by atoms with Gasteiger partial charge < -0.3 is 19.3 Å². The number of rotatable bonds is 3. The largest absolute Gasteiger partial charge is 0.485 e. The highest BCUT2D eigenvalue weighted by Gasteiger charge is 2.27. The first-order valence-corrected chi connectivity index (χ1v) is 8.52. The number of aryl methyl sites for hydroxylation is 2. The molecule has 1 aromatic carbocycles. The zero-order valence-corrected chi connectivity index (χ0v) is 14.4. The summed E-state index contributed by atoms with van der Waals surface area (Å²) in [7, 11) is 0. The van der Waals surface area contributed by atoms with Gasteiger partial charge in [-0.25, -0.2) is 4.98 Å². The summed E-state index contributed by atoms with van der Waals surface area (Å²) < 4.78 is 16.6. The number of nitrogens with one attached hydrogen (secondary N) is 1. The molecule has 128 valence electrons. The van der Waals surface area contributed by atoms with Crippen LogP contribution < -0.4 is 14.8 Å². The van der Waals surface area contributed by atoms with Crippen LogP contribution in [-0.4, -0.2) is 22.7 Å². The molecule has 0 unspecified atom stereocenters. The summed E-state index contributed by atoms with van der Waals surface area (Å²) in [6.45, 7) is 3.91. The fourth-order valence-electron chi connectivity index (χ4n) is 2.51. The quantitative estimate of drug-likeness (QED) is 0.772. The van der Waals surface area contributed by atoms with Crippen molar-refractivity contribution in [2.45, 2.75) is 20.0 Å². The first kappa shape index (κ1) is 15.6. The molecule has 25 heavy (non-hydrogen) atoms. The Bertz CT molecular complexity index is 934. The molecule has 0 fully saturated rings. The summed E-state index contributed by atoms with van der Waals surface area (Å²) in [6, 6.07) is 9.14. The minimum absolute atomic E-state index is 0.272. The molecule has 0 saturated heterocycles. The van der Waals surface area contributed by atoms with Gasteiger partial charge in [0.15, 0.2) is 23.4 Å². The maximum Gasteiger partial charge on any atom is 0.268 e. The van der Waals surface area contributed by atoms with Gasteiger partial charge >= 0.3 is 0 Å². The van der Waals surface area contributed by atoms with Gasteiger partial charge in [-0.05, 0) is 26.0 Å². The van der Waals surface area contributed by atoms with Crippen molar-refractivity contribution in [2.75, 3.05) is 11.9 Å². The van der Waals surface area contributed by atoms with Gasteiger partial charge in [0.1, 0.15) is 22.3 Å². The summed E-state index contributed by atoms with van der Waals surface area (Å²) >= 11 is 1.29. The van der Waals surface area contributed by atoms with Crippen molar-refractivity contribution in [1.82, 2.24) is 10.1 Å². The average molecular weight is 357 g/mol. The Hall–Kier alpha value is -2.87. The Morgan fingerprint density at radius 2 is 2.08 bits per heavy atom. The number of fused-ring (bicyclic) bond motifs is 1. The lowest BCUT2D eigenvalue weighted by Gasteiger charge is -2.24. The molecule has 0 spiro atoms. The molecule has 1 atom stereocenters. The number of carbonyl (C=O) groups excluding carboxylic acids is 1. The van der Waals surface area contributed by atoms with Crippen molar-refractivity contribution in [1.29, 1.82) is 0 Å². The number of aromatic nitrogens is 2. The summed E-state index contributed by atoms with van der Waals surface area (Å²) in [6.07, 6.45) is -0.338. The molecular formula is C17H15N3O4S. The maximum absolute atomic E-state index is 12.4. The summed E-state index contributed by atoms with van der Waals surface area (Å²) in [4.78, 5) is 17.4. The summed E-state index contributed by atoms with van der Waals surface area (Å²) in [5, 5.41) is 7.17. The topological polar surface area (TPSA) is 86.5 Å². The van der Waals surface area contributed by atoms with Gasteiger partial charge in [0, 0.05) is 6.07 Å². The van der Waals surface area contributed by atoms with E-state index in [-0.39, 0.29) is 12.0 Å². The lowest BCUT2D eigenvalue weighted by molar-refractivity contribution is 0.0910. The monoisotopic (exact) mass is 357 g/mol. The molecular weight excluding hydrogens is 342 g/mol. The van der Waals surface area contributed by atoms with Crippen LogP contribution in [0.15, 0.2) is 34.9 Å². The molecule has 3 heterocycles. The van der Waals surface area contributed by atoms with Crippen molar-refractivity contribution in [3.8, 4) is 11.5 Å². The van der Waals surface area contributed by atoms with Crippen LogP contribution in [0.25, 0.3) is 0 Å². The predicted molar refractivity (Wildman–Crippen MR) is 91.4 cm³/mol. The zero-order valence-electron chi connectivity index (χ0n) is 13.6. The maximum atomic E-state index is 12.4. The van der Waals surface area contributed by atoms with Crippen LogP contribution in [-0.2, 0) is 0 Å². The van der Waals surface area contributed by atoms with Crippen molar-refractivity contribution in [3.63, 3.8) is 0 Å². The third-order valence-corrected chi connectivity index (χ3v) is 4.92. The highest BCUT2D eigenvalue weighted by atomic mass is 32.1. The van der Waals surface area contributed by atoms with Crippen molar-refractivity contribution in [2.24, 2.45) is 0 Å². The molecule has 2 aromatic heterocycles. The smallest absolute Gasteiger partial charge is 0.268 e. The second kappa shape index (κ2) is 6.21. The van der Waals surface area contributed by atoms with Crippen molar-refractivity contribution in [3.05, 3.63) is 51.7 Å². The molecule has 1 aliphatic rings. The van der Waals surface area contributed by atoms with Gasteiger partial charge in [-0.15, -0.1) is 11.3 Å². The number of ether oxygens (including phenoxy) is 2.